The Morgan fingerprint density at radius 3 is 2.70 bits per heavy atom. The molecular weight excluding hydrogens is 380 g/mol. The fraction of sp³-hybridized carbons (Fsp3) is 0.409. The number of hydrogen-bond acceptors (Lipinski definition) is 5. The van der Waals surface area contributed by atoms with Gasteiger partial charge in [0.1, 0.15) is 5.82 Å². The lowest BCUT2D eigenvalue weighted by Crippen LogP contribution is -2.40. The molecule has 0 unspecified atom stereocenters. The van der Waals surface area contributed by atoms with E-state index in [2.05, 4.69) is 40.5 Å². The standard InChI is InChI=1S/C22H30N6O2/c1-5-23-22(24-13-11-21-26-25-20-8-6-7-14-28(20)21)27(2)15-12-17-9-10-18(29-3)19(16-17)30-4/h6-10,14,16H,5,11-13,15H2,1-4H3,(H,23,24). The number of guanidine groups is 1. The molecule has 2 aromatic heterocycles. The second-order valence-corrected chi connectivity index (χ2v) is 6.89. The van der Waals surface area contributed by atoms with E-state index in [1.54, 1.807) is 14.2 Å². The van der Waals surface area contributed by atoms with Crippen LogP contribution in [0.4, 0.5) is 0 Å². The van der Waals surface area contributed by atoms with E-state index in [1.807, 2.05) is 40.9 Å². The largest absolute Gasteiger partial charge is 0.493 e. The van der Waals surface area contributed by atoms with Crippen molar-refractivity contribution in [3.8, 4) is 11.5 Å². The summed E-state index contributed by atoms with van der Waals surface area (Å²) in [6.45, 7) is 4.35. The number of hydrogen-bond donors (Lipinski definition) is 1. The van der Waals surface area contributed by atoms with Gasteiger partial charge < -0.3 is 19.7 Å². The Bertz CT molecular complexity index is 985. The van der Waals surface area contributed by atoms with Crippen LogP contribution in [-0.4, -0.2) is 66.4 Å². The summed E-state index contributed by atoms with van der Waals surface area (Å²) in [5, 5.41) is 11.8. The molecule has 0 saturated heterocycles. The molecule has 0 amide bonds. The Morgan fingerprint density at radius 1 is 1.10 bits per heavy atom. The SMILES string of the molecule is CCNC(=NCCc1nnc2ccccn12)N(C)CCc1ccc(OC)c(OC)c1. The van der Waals surface area contributed by atoms with Crippen LogP contribution in [0.25, 0.3) is 5.65 Å². The van der Waals surface area contributed by atoms with E-state index in [-0.39, 0.29) is 0 Å². The van der Waals surface area contributed by atoms with E-state index in [4.69, 9.17) is 14.5 Å². The number of nitrogens with zero attached hydrogens (tertiary/aromatic N) is 5. The Morgan fingerprint density at radius 2 is 1.93 bits per heavy atom. The number of fused-ring (bicyclic) bond motifs is 1. The zero-order valence-electron chi connectivity index (χ0n) is 18.1. The molecule has 0 atom stereocenters. The smallest absolute Gasteiger partial charge is 0.193 e. The Hall–Kier alpha value is -3.29. The van der Waals surface area contributed by atoms with Crippen molar-refractivity contribution in [3.63, 3.8) is 0 Å². The van der Waals surface area contributed by atoms with Gasteiger partial charge in [-0.25, -0.2) is 0 Å². The molecular formula is C22H30N6O2. The van der Waals surface area contributed by atoms with Crippen LogP contribution in [0.2, 0.25) is 0 Å². The molecule has 3 rings (SSSR count). The number of methoxy groups -OCH3 is 2. The zero-order chi connectivity index (χ0) is 21.3. The van der Waals surface area contributed by atoms with Gasteiger partial charge in [-0.1, -0.05) is 12.1 Å². The summed E-state index contributed by atoms with van der Waals surface area (Å²) in [5.74, 6) is 3.29. The van der Waals surface area contributed by atoms with Gasteiger partial charge in [-0.3, -0.25) is 9.39 Å². The Balaban J connectivity index is 1.60. The average molecular weight is 411 g/mol. The van der Waals surface area contributed by atoms with E-state index in [1.165, 1.54) is 5.56 Å². The maximum Gasteiger partial charge on any atom is 0.193 e. The number of likely N-dealkylation sites (N-methyl/N-ethyl adjacent to an activating group) is 1. The van der Waals surface area contributed by atoms with Gasteiger partial charge in [0, 0.05) is 39.3 Å². The summed E-state index contributed by atoms with van der Waals surface area (Å²) in [6, 6.07) is 11.9. The molecule has 30 heavy (non-hydrogen) atoms. The predicted molar refractivity (Wildman–Crippen MR) is 119 cm³/mol. The van der Waals surface area contributed by atoms with Crippen molar-refractivity contribution >= 4 is 11.6 Å². The molecule has 0 radical (unpaired) electrons. The van der Waals surface area contributed by atoms with Crippen molar-refractivity contribution in [2.24, 2.45) is 4.99 Å². The first-order valence-corrected chi connectivity index (χ1v) is 10.1. The molecule has 0 spiro atoms. The van der Waals surface area contributed by atoms with Crippen LogP contribution in [-0.2, 0) is 12.8 Å². The molecule has 8 heteroatoms. The first-order chi connectivity index (χ1) is 14.7. The summed E-state index contributed by atoms with van der Waals surface area (Å²) in [7, 11) is 5.35. The Kier molecular flexibility index (Phi) is 7.48. The fourth-order valence-corrected chi connectivity index (χ4v) is 3.23. The lowest BCUT2D eigenvalue weighted by atomic mass is 10.1. The van der Waals surface area contributed by atoms with Crippen molar-refractivity contribution < 1.29 is 9.47 Å². The minimum atomic E-state index is 0.638. The molecule has 0 saturated carbocycles. The van der Waals surface area contributed by atoms with Crippen LogP contribution in [0.5, 0.6) is 11.5 Å². The highest BCUT2D eigenvalue weighted by Crippen LogP contribution is 2.27. The normalized spacial score (nSPS) is 11.5. The zero-order valence-corrected chi connectivity index (χ0v) is 18.1. The third kappa shape index (κ3) is 5.20. The maximum atomic E-state index is 5.40. The first-order valence-electron chi connectivity index (χ1n) is 10.1. The average Bonchev–Trinajstić information content (AvgIpc) is 3.19. The molecule has 1 aromatic carbocycles. The van der Waals surface area contributed by atoms with E-state index >= 15 is 0 Å². The molecule has 0 aliphatic heterocycles. The van der Waals surface area contributed by atoms with Crippen LogP contribution < -0.4 is 14.8 Å². The van der Waals surface area contributed by atoms with Gasteiger partial charge >= 0.3 is 0 Å². The van der Waals surface area contributed by atoms with Gasteiger partial charge in [0.15, 0.2) is 23.1 Å². The quantitative estimate of drug-likeness (QED) is 0.431. The summed E-state index contributed by atoms with van der Waals surface area (Å²) in [4.78, 5) is 6.92. The third-order valence-corrected chi connectivity index (χ3v) is 4.86. The van der Waals surface area contributed by atoms with Gasteiger partial charge in [0.25, 0.3) is 0 Å². The predicted octanol–water partition coefficient (Wildman–Crippen LogP) is 2.43. The number of rotatable bonds is 9. The van der Waals surface area contributed by atoms with Crippen molar-refractivity contribution in [2.75, 3.05) is 40.9 Å². The highest BCUT2D eigenvalue weighted by molar-refractivity contribution is 5.79. The van der Waals surface area contributed by atoms with Gasteiger partial charge in [0.2, 0.25) is 0 Å². The molecule has 1 N–H and O–H groups in total. The number of nitrogens with one attached hydrogen (secondary N) is 1. The van der Waals surface area contributed by atoms with Gasteiger partial charge in [-0.15, -0.1) is 10.2 Å². The molecule has 8 nitrogen and oxygen atoms in total. The first kappa shape index (κ1) is 21.4. The van der Waals surface area contributed by atoms with Crippen LogP contribution in [0.1, 0.15) is 18.3 Å². The lowest BCUT2D eigenvalue weighted by molar-refractivity contribution is 0.354. The number of aliphatic imine (C=N–C) groups is 1. The Labute approximate surface area is 177 Å². The second-order valence-electron chi connectivity index (χ2n) is 6.89. The van der Waals surface area contributed by atoms with Crippen LogP contribution in [0, 0.1) is 0 Å². The molecule has 0 bridgehead atoms. The third-order valence-electron chi connectivity index (χ3n) is 4.86. The highest BCUT2D eigenvalue weighted by Gasteiger charge is 2.09. The number of pyridine rings is 1. The summed E-state index contributed by atoms with van der Waals surface area (Å²) in [6.07, 6.45) is 3.58. The van der Waals surface area contributed by atoms with Crippen molar-refractivity contribution in [2.45, 2.75) is 19.8 Å². The maximum absolute atomic E-state index is 5.40. The monoisotopic (exact) mass is 410 g/mol. The highest BCUT2D eigenvalue weighted by atomic mass is 16.5. The van der Waals surface area contributed by atoms with E-state index in [9.17, 15) is 0 Å². The molecule has 0 aliphatic rings. The van der Waals surface area contributed by atoms with Gasteiger partial charge in [-0.05, 0) is 43.2 Å². The molecule has 160 valence electrons. The van der Waals surface area contributed by atoms with E-state index < -0.39 is 0 Å². The summed E-state index contributed by atoms with van der Waals surface area (Å²) >= 11 is 0. The minimum Gasteiger partial charge on any atom is -0.493 e. The van der Waals surface area contributed by atoms with Gasteiger partial charge in [0.05, 0.1) is 14.2 Å². The molecule has 3 aromatic rings. The number of ether oxygens (including phenoxy) is 2. The van der Waals surface area contributed by atoms with Crippen molar-refractivity contribution in [1.82, 2.24) is 24.8 Å². The van der Waals surface area contributed by atoms with Crippen LogP contribution in [0.15, 0.2) is 47.6 Å². The molecule has 0 aliphatic carbocycles. The van der Waals surface area contributed by atoms with E-state index in [0.717, 1.165) is 54.9 Å². The molecule has 0 fully saturated rings. The van der Waals surface area contributed by atoms with Gasteiger partial charge in [-0.2, -0.15) is 0 Å². The lowest BCUT2D eigenvalue weighted by Gasteiger charge is -2.22. The molecule has 2 heterocycles. The topological polar surface area (TPSA) is 76.3 Å². The van der Waals surface area contributed by atoms with Crippen LogP contribution >= 0.6 is 0 Å². The van der Waals surface area contributed by atoms with E-state index in [0.29, 0.717) is 6.54 Å². The number of aromatic nitrogens is 3. The van der Waals surface area contributed by atoms with Crippen LogP contribution in [0.3, 0.4) is 0 Å². The fourth-order valence-electron chi connectivity index (χ4n) is 3.23. The number of benzene rings is 1. The summed E-state index contributed by atoms with van der Waals surface area (Å²) < 4.78 is 12.7. The second kappa shape index (κ2) is 10.5. The van der Waals surface area contributed by atoms with Crippen molar-refractivity contribution in [1.29, 1.82) is 0 Å². The minimum absolute atomic E-state index is 0.638. The summed E-state index contributed by atoms with van der Waals surface area (Å²) in [5.41, 5.74) is 2.04. The van der Waals surface area contributed by atoms with Crippen molar-refractivity contribution in [3.05, 3.63) is 54.0 Å².